The lowest BCUT2D eigenvalue weighted by molar-refractivity contribution is 0.0958. The largest absolute Gasteiger partial charge is 0.374 e. The number of benzene rings is 2. The molecule has 5 rings (SSSR count). The van der Waals surface area contributed by atoms with Crippen LogP contribution in [0.15, 0.2) is 72.0 Å². The molecule has 1 aromatic heterocycles. The van der Waals surface area contributed by atoms with Crippen LogP contribution in [0.5, 0.6) is 0 Å². The average Bonchev–Trinajstić information content (AvgIpc) is 3.34. The molecule has 2 amide bonds. The SMILES string of the molecule is O=C(NC1=N[C@@]2(c3cccc(NC(=O)c4cnc(C(F)F)cn4)c3)CCO[C@H]2CS1)c1ccccc1. The number of aliphatic imine (C=N–C) groups is 1. The third-order valence-electron chi connectivity index (χ3n) is 6.01. The van der Waals surface area contributed by atoms with E-state index < -0.39 is 23.6 Å². The van der Waals surface area contributed by atoms with E-state index in [4.69, 9.17) is 9.73 Å². The summed E-state index contributed by atoms with van der Waals surface area (Å²) >= 11 is 1.43. The Labute approximate surface area is 209 Å². The molecule has 2 atom stereocenters. The first-order valence-corrected chi connectivity index (χ1v) is 12.2. The Hall–Kier alpha value is -3.70. The van der Waals surface area contributed by atoms with Crippen molar-refractivity contribution in [2.45, 2.75) is 24.5 Å². The predicted octanol–water partition coefficient (Wildman–Crippen LogP) is 4.18. The molecule has 184 valence electrons. The van der Waals surface area contributed by atoms with Gasteiger partial charge in [0.15, 0.2) is 5.17 Å². The molecule has 0 saturated carbocycles. The van der Waals surface area contributed by atoms with Gasteiger partial charge in [-0.3, -0.25) is 14.6 Å². The van der Waals surface area contributed by atoms with Gasteiger partial charge in [0.25, 0.3) is 18.2 Å². The number of nitrogens with one attached hydrogen (secondary N) is 2. The third-order valence-corrected chi connectivity index (χ3v) is 6.95. The van der Waals surface area contributed by atoms with Crippen molar-refractivity contribution in [3.8, 4) is 0 Å². The van der Waals surface area contributed by atoms with Gasteiger partial charge in [-0.25, -0.2) is 18.8 Å². The lowest BCUT2D eigenvalue weighted by Crippen LogP contribution is -2.43. The summed E-state index contributed by atoms with van der Waals surface area (Å²) in [6.45, 7) is 0.511. The predicted molar refractivity (Wildman–Crippen MR) is 131 cm³/mol. The molecule has 0 radical (unpaired) electrons. The molecule has 3 heterocycles. The summed E-state index contributed by atoms with van der Waals surface area (Å²) in [4.78, 5) is 37.6. The fourth-order valence-electron chi connectivity index (χ4n) is 4.18. The number of amides is 2. The summed E-state index contributed by atoms with van der Waals surface area (Å²) in [7, 11) is 0. The van der Waals surface area contributed by atoms with Gasteiger partial charge in [-0.05, 0) is 29.8 Å². The first kappa shape index (κ1) is 24.0. The van der Waals surface area contributed by atoms with Crippen molar-refractivity contribution >= 4 is 34.4 Å². The number of alkyl halides is 2. The van der Waals surface area contributed by atoms with E-state index in [1.165, 1.54) is 11.8 Å². The number of carbonyl (C=O) groups excluding carboxylic acids is 2. The molecular formula is C25H21F2N5O3S. The Morgan fingerprint density at radius 3 is 2.61 bits per heavy atom. The number of halogens is 2. The molecule has 2 aliphatic rings. The summed E-state index contributed by atoms with van der Waals surface area (Å²) in [5, 5.41) is 6.15. The van der Waals surface area contributed by atoms with Crippen molar-refractivity contribution in [3.05, 3.63) is 89.5 Å². The quantitative estimate of drug-likeness (QED) is 0.535. The normalized spacial score (nSPS) is 21.0. The highest BCUT2D eigenvalue weighted by Crippen LogP contribution is 2.45. The fraction of sp³-hybridized carbons (Fsp3) is 0.240. The summed E-state index contributed by atoms with van der Waals surface area (Å²) in [6, 6.07) is 16.1. The zero-order chi connectivity index (χ0) is 25.1. The fourth-order valence-corrected chi connectivity index (χ4v) is 5.26. The van der Waals surface area contributed by atoms with Crippen molar-refractivity contribution in [2.24, 2.45) is 4.99 Å². The van der Waals surface area contributed by atoms with Crippen LogP contribution in [0.1, 0.15) is 45.0 Å². The second-order valence-electron chi connectivity index (χ2n) is 8.24. The summed E-state index contributed by atoms with van der Waals surface area (Å²) in [5.41, 5.74) is 0.554. The Kier molecular flexibility index (Phi) is 6.75. The molecule has 36 heavy (non-hydrogen) atoms. The molecular weight excluding hydrogens is 488 g/mol. The molecule has 0 spiro atoms. The maximum Gasteiger partial charge on any atom is 0.281 e. The topological polar surface area (TPSA) is 106 Å². The van der Waals surface area contributed by atoms with Crippen LogP contribution in [-0.4, -0.2) is 45.4 Å². The van der Waals surface area contributed by atoms with Gasteiger partial charge in [-0.1, -0.05) is 42.1 Å². The zero-order valence-corrected chi connectivity index (χ0v) is 19.7. The molecule has 0 unspecified atom stereocenters. The molecule has 1 fully saturated rings. The van der Waals surface area contributed by atoms with E-state index in [1.807, 2.05) is 12.1 Å². The number of ether oxygens (including phenoxy) is 1. The lowest BCUT2D eigenvalue weighted by atomic mass is 9.84. The molecule has 11 heteroatoms. The van der Waals surface area contributed by atoms with Gasteiger partial charge in [0, 0.05) is 30.0 Å². The zero-order valence-electron chi connectivity index (χ0n) is 18.9. The number of hydrogen-bond acceptors (Lipinski definition) is 7. The average molecular weight is 510 g/mol. The first-order chi connectivity index (χ1) is 17.4. The van der Waals surface area contributed by atoms with Crippen LogP contribution in [-0.2, 0) is 10.3 Å². The molecule has 1 saturated heterocycles. The Morgan fingerprint density at radius 2 is 1.86 bits per heavy atom. The van der Waals surface area contributed by atoms with Crippen LogP contribution in [0.2, 0.25) is 0 Å². The van der Waals surface area contributed by atoms with Gasteiger partial charge in [0.1, 0.15) is 16.9 Å². The highest BCUT2D eigenvalue weighted by Gasteiger charge is 2.48. The number of anilines is 1. The molecule has 2 N–H and O–H groups in total. The van der Waals surface area contributed by atoms with Gasteiger partial charge in [0.2, 0.25) is 0 Å². The number of nitrogens with zero attached hydrogens (tertiary/aromatic N) is 3. The Morgan fingerprint density at radius 1 is 1.03 bits per heavy atom. The van der Waals surface area contributed by atoms with Gasteiger partial charge in [-0.2, -0.15) is 0 Å². The number of fused-ring (bicyclic) bond motifs is 1. The monoisotopic (exact) mass is 509 g/mol. The summed E-state index contributed by atoms with van der Waals surface area (Å²) in [5.74, 6) is -0.207. The number of rotatable bonds is 5. The molecule has 3 aromatic rings. The van der Waals surface area contributed by atoms with Crippen LogP contribution in [0.4, 0.5) is 14.5 Å². The van der Waals surface area contributed by atoms with Gasteiger partial charge in [0.05, 0.1) is 18.5 Å². The molecule has 2 aliphatic heterocycles. The Balaban J connectivity index is 1.38. The maximum atomic E-state index is 12.7. The number of hydrogen-bond donors (Lipinski definition) is 2. The van der Waals surface area contributed by atoms with E-state index in [2.05, 4.69) is 20.6 Å². The highest BCUT2D eigenvalue weighted by atomic mass is 32.2. The van der Waals surface area contributed by atoms with Crippen molar-refractivity contribution in [1.29, 1.82) is 0 Å². The lowest BCUT2D eigenvalue weighted by Gasteiger charge is -2.35. The summed E-state index contributed by atoms with van der Waals surface area (Å²) in [6.07, 6.45) is -0.442. The smallest absolute Gasteiger partial charge is 0.281 e. The molecule has 8 nitrogen and oxygen atoms in total. The van der Waals surface area contributed by atoms with Crippen molar-refractivity contribution in [3.63, 3.8) is 0 Å². The standard InChI is InChI=1S/C25H21F2N5O3S/c26-21(27)18-12-29-19(13-28-18)23(34)30-17-8-4-7-16(11-17)25-9-10-35-20(25)14-36-24(32-25)31-22(33)15-5-2-1-3-6-15/h1-8,11-13,20-21H,9-10,14H2,(H,30,34)(H,31,32,33)/t20-,25+/m0/s1. The van der Waals surface area contributed by atoms with E-state index in [0.717, 1.165) is 18.0 Å². The Bertz CT molecular complexity index is 1310. The molecule has 0 aliphatic carbocycles. The number of thioether (sulfide) groups is 1. The minimum absolute atomic E-state index is 0.0805. The second kappa shape index (κ2) is 10.1. The van der Waals surface area contributed by atoms with Crippen LogP contribution in [0.3, 0.4) is 0 Å². The van der Waals surface area contributed by atoms with Crippen LogP contribution in [0.25, 0.3) is 0 Å². The molecule has 2 aromatic carbocycles. The first-order valence-electron chi connectivity index (χ1n) is 11.2. The van der Waals surface area contributed by atoms with Crippen LogP contribution < -0.4 is 10.6 Å². The maximum absolute atomic E-state index is 12.7. The van der Waals surface area contributed by atoms with Gasteiger partial charge < -0.3 is 15.4 Å². The van der Waals surface area contributed by atoms with E-state index in [9.17, 15) is 18.4 Å². The van der Waals surface area contributed by atoms with Crippen molar-refractivity contribution in [2.75, 3.05) is 17.7 Å². The minimum atomic E-state index is -2.76. The van der Waals surface area contributed by atoms with Gasteiger partial charge >= 0.3 is 0 Å². The third kappa shape index (κ3) is 4.84. The van der Waals surface area contributed by atoms with Crippen molar-refractivity contribution < 1.29 is 23.1 Å². The van der Waals surface area contributed by atoms with Crippen LogP contribution in [0, 0.1) is 0 Å². The minimum Gasteiger partial charge on any atom is -0.374 e. The number of carbonyl (C=O) groups is 2. The number of aromatic nitrogens is 2. The molecule has 0 bridgehead atoms. The highest BCUT2D eigenvalue weighted by molar-refractivity contribution is 8.14. The number of amidine groups is 1. The van der Waals surface area contributed by atoms with Gasteiger partial charge in [-0.15, -0.1) is 0 Å². The van der Waals surface area contributed by atoms with E-state index >= 15 is 0 Å². The van der Waals surface area contributed by atoms with Crippen LogP contribution >= 0.6 is 11.8 Å². The van der Waals surface area contributed by atoms with E-state index in [-0.39, 0.29) is 17.7 Å². The van der Waals surface area contributed by atoms with Crippen molar-refractivity contribution in [1.82, 2.24) is 15.3 Å². The van der Waals surface area contributed by atoms with E-state index in [1.54, 1.807) is 42.5 Å². The summed E-state index contributed by atoms with van der Waals surface area (Å²) < 4.78 is 31.4. The van der Waals surface area contributed by atoms with E-state index in [0.29, 0.717) is 35.2 Å². The second-order valence-corrected chi connectivity index (χ2v) is 9.25.